The second-order valence-electron chi connectivity index (χ2n) is 8.20. The monoisotopic (exact) mass is 312 g/mol. The first-order chi connectivity index (χ1) is 10.1. The second-order valence-corrected chi connectivity index (χ2v) is 8.20. The molecular formula is C17H32N2O3. The Hall–Kier alpha value is -1.10. The molecule has 0 spiro atoms. The van der Waals surface area contributed by atoms with Gasteiger partial charge in [-0.2, -0.15) is 0 Å². The van der Waals surface area contributed by atoms with Crippen LogP contribution in [0.15, 0.2) is 0 Å². The van der Waals surface area contributed by atoms with Crippen LogP contribution in [0.2, 0.25) is 0 Å². The van der Waals surface area contributed by atoms with Crippen molar-refractivity contribution in [3.63, 3.8) is 0 Å². The van der Waals surface area contributed by atoms with Crippen molar-refractivity contribution in [2.24, 2.45) is 16.7 Å². The number of carbonyl (C=O) groups is 2. The summed E-state index contributed by atoms with van der Waals surface area (Å²) in [7, 11) is 0. The lowest BCUT2D eigenvalue weighted by molar-refractivity contribution is -0.142. The van der Waals surface area contributed by atoms with Gasteiger partial charge in [-0.05, 0) is 24.7 Å². The predicted octanol–water partition coefficient (Wildman–Crippen LogP) is 1.80. The fraction of sp³-hybridized carbons (Fsp3) is 0.882. The first kappa shape index (κ1) is 18.9. The largest absolute Gasteiger partial charge is 0.396 e. The number of nitrogens with one attached hydrogen (secondary N) is 1. The van der Waals surface area contributed by atoms with E-state index in [0.29, 0.717) is 19.5 Å². The van der Waals surface area contributed by atoms with Crippen LogP contribution in [0, 0.1) is 16.7 Å². The SMILES string of the molecule is CC(C)(CCO)CNC(=O)C1CCCN(C(=O)C(C)(C)C)C1. The van der Waals surface area contributed by atoms with Gasteiger partial charge in [0.1, 0.15) is 0 Å². The summed E-state index contributed by atoms with van der Waals surface area (Å²) in [6.07, 6.45) is 2.37. The molecule has 1 atom stereocenters. The molecule has 5 heteroatoms. The maximum absolute atomic E-state index is 12.4. The standard InChI is InChI=1S/C17H32N2O3/c1-16(2,3)15(22)19-9-6-7-13(11-19)14(21)18-12-17(4,5)8-10-20/h13,20H,6-12H2,1-5H3,(H,18,21). The van der Waals surface area contributed by atoms with Crippen LogP contribution in [0.5, 0.6) is 0 Å². The Kier molecular flexibility index (Phi) is 6.41. The molecule has 0 saturated carbocycles. The lowest BCUT2D eigenvalue weighted by Crippen LogP contribution is -2.49. The van der Waals surface area contributed by atoms with Gasteiger partial charge >= 0.3 is 0 Å². The Bertz CT molecular complexity index is 399. The highest BCUT2D eigenvalue weighted by molar-refractivity contribution is 5.83. The van der Waals surface area contributed by atoms with Gasteiger partial charge < -0.3 is 15.3 Å². The molecule has 2 amide bonds. The molecule has 128 valence electrons. The van der Waals surface area contributed by atoms with E-state index in [1.165, 1.54) is 0 Å². The van der Waals surface area contributed by atoms with Crippen LogP contribution in [-0.4, -0.2) is 48.1 Å². The number of likely N-dealkylation sites (tertiary alicyclic amines) is 1. The number of aliphatic hydroxyl groups excluding tert-OH is 1. The maximum Gasteiger partial charge on any atom is 0.227 e. The Morgan fingerprint density at radius 3 is 2.41 bits per heavy atom. The maximum atomic E-state index is 12.4. The molecule has 1 unspecified atom stereocenters. The average Bonchev–Trinajstić information content (AvgIpc) is 2.43. The molecular weight excluding hydrogens is 280 g/mol. The Morgan fingerprint density at radius 2 is 1.86 bits per heavy atom. The van der Waals surface area contributed by atoms with Gasteiger partial charge in [-0.15, -0.1) is 0 Å². The summed E-state index contributed by atoms with van der Waals surface area (Å²) in [5.74, 6) is 0.0213. The van der Waals surface area contributed by atoms with E-state index in [0.717, 1.165) is 19.4 Å². The Labute approximate surface area is 134 Å². The molecule has 1 fully saturated rings. The van der Waals surface area contributed by atoms with Gasteiger partial charge in [0.05, 0.1) is 5.92 Å². The fourth-order valence-corrected chi connectivity index (χ4v) is 2.71. The molecule has 1 aliphatic rings. The van der Waals surface area contributed by atoms with Gasteiger partial charge in [-0.1, -0.05) is 34.6 Å². The van der Waals surface area contributed by atoms with Crippen molar-refractivity contribution in [2.75, 3.05) is 26.2 Å². The van der Waals surface area contributed by atoms with E-state index in [9.17, 15) is 9.59 Å². The Morgan fingerprint density at radius 1 is 1.23 bits per heavy atom. The smallest absolute Gasteiger partial charge is 0.227 e. The third-order valence-corrected chi connectivity index (χ3v) is 4.25. The number of carbonyl (C=O) groups excluding carboxylic acids is 2. The van der Waals surface area contributed by atoms with Gasteiger partial charge in [0, 0.05) is 31.7 Å². The molecule has 1 aliphatic heterocycles. The van der Waals surface area contributed by atoms with E-state index in [1.807, 2.05) is 39.5 Å². The van der Waals surface area contributed by atoms with Crippen LogP contribution in [0.3, 0.4) is 0 Å². The minimum absolute atomic E-state index is 0.0254. The summed E-state index contributed by atoms with van der Waals surface area (Å²) >= 11 is 0. The molecule has 5 nitrogen and oxygen atoms in total. The number of hydrogen-bond donors (Lipinski definition) is 2. The molecule has 0 aliphatic carbocycles. The zero-order chi connectivity index (χ0) is 17.0. The number of rotatable bonds is 5. The highest BCUT2D eigenvalue weighted by Gasteiger charge is 2.33. The van der Waals surface area contributed by atoms with Crippen molar-refractivity contribution in [1.82, 2.24) is 10.2 Å². The zero-order valence-electron chi connectivity index (χ0n) is 14.7. The van der Waals surface area contributed by atoms with Gasteiger partial charge in [-0.25, -0.2) is 0 Å². The average molecular weight is 312 g/mol. The topological polar surface area (TPSA) is 69.6 Å². The summed E-state index contributed by atoms with van der Waals surface area (Å²) in [4.78, 5) is 26.5. The van der Waals surface area contributed by atoms with Crippen LogP contribution >= 0.6 is 0 Å². The van der Waals surface area contributed by atoms with Crippen molar-refractivity contribution in [1.29, 1.82) is 0 Å². The first-order valence-corrected chi connectivity index (χ1v) is 8.25. The van der Waals surface area contributed by atoms with Gasteiger partial charge in [0.15, 0.2) is 0 Å². The molecule has 0 aromatic carbocycles. The molecule has 1 rings (SSSR count). The van der Waals surface area contributed by atoms with E-state index in [-0.39, 0.29) is 29.8 Å². The van der Waals surface area contributed by atoms with E-state index in [4.69, 9.17) is 5.11 Å². The van der Waals surface area contributed by atoms with E-state index in [2.05, 4.69) is 5.32 Å². The number of nitrogens with zero attached hydrogens (tertiary/aromatic N) is 1. The van der Waals surface area contributed by atoms with Crippen LogP contribution in [0.25, 0.3) is 0 Å². The number of aliphatic hydroxyl groups is 1. The van der Waals surface area contributed by atoms with Crippen LogP contribution in [-0.2, 0) is 9.59 Å². The third-order valence-electron chi connectivity index (χ3n) is 4.25. The molecule has 0 bridgehead atoms. The molecule has 2 N–H and O–H groups in total. The third kappa shape index (κ3) is 5.59. The molecule has 0 radical (unpaired) electrons. The minimum Gasteiger partial charge on any atom is -0.396 e. The summed E-state index contributed by atoms with van der Waals surface area (Å²) < 4.78 is 0. The van der Waals surface area contributed by atoms with E-state index in [1.54, 1.807) is 0 Å². The highest BCUT2D eigenvalue weighted by atomic mass is 16.3. The summed E-state index contributed by atoms with van der Waals surface area (Å²) in [5, 5.41) is 12.0. The summed E-state index contributed by atoms with van der Waals surface area (Å²) in [6.45, 7) is 11.7. The minimum atomic E-state index is -0.401. The summed E-state index contributed by atoms with van der Waals surface area (Å²) in [6, 6.07) is 0. The molecule has 0 aromatic heterocycles. The molecule has 1 heterocycles. The van der Waals surface area contributed by atoms with E-state index < -0.39 is 5.41 Å². The van der Waals surface area contributed by atoms with Gasteiger partial charge in [0.2, 0.25) is 11.8 Å². The van der Waals surface area contributed by atoms with Crippen LogP contribution < -0.4 is 5.32 Å². The van der Waals surface area contributed by atoms with Crippen molar-refractivity contribution >= 4 is 11.8 Å². The Balaban J connectivity index is 2.55. The summed E-state index contributed by atoms with van der Waals surface area (Å²) in [5.41, 5.74) is -0.512. The van der Waals surface area contributed by atoms with Gasteiger partial charge in [0.25, 0.3) is 0 Å². The van der Waals surface area contributed by atoms with Gasteiger partial charge in [-0.3, -0.25) is 9.59 Å². The fourth-order valence-electron chi connectivity index (χ4n) is 2.71. The predicted molar refractivity (Wildman–Crippen MR) is 87.3 cm³/mol. The van der Waals surface area contributed by atoms with Crippen LogP contribution in [0.1, 0.15) is 53.9 Å². The quantitative estimate of drug-likeness (QED) is 0.813. The van der Waals surface area contributed by atoms with Crippen LogP contribution in [0.4, 0.5) is 0 Å². The zero-order valence-corrected chi connectivity index (χ0v) is 14.7. The van der Waals surface area contributed by atoms with E-state index >= 15 is 0 Å². The van der Waals surface area contributed by atoms with Crippen molar-refractivity contribution in [3.8, 4) is 0 Å². The number of piperidine rings is 1. The van der Waals surface area contributed by atoms with Crippen molar-refractivity contribution in [3.05, 3.63) is 0 Å². The lowest BCUT2D eigenvalue weighted by Gasteiger charge is -2.36. The molecule has 0 aromatic rings. The molecule has 22 heavy (non-hydrogen) atoms. The normalized spacial score (nSPS) is 19.9. The molecule has 1 saturated heterocycles. The second kappa shape index (κ2) is 7.44. The number of hydrogen-bond acceptors (Lipinski definition) is 3. The lowest BCUT2D eigenvalue weighted by atomic mass is 9.88. The van der Waals surface area contributed by atoms with Crippen molar-refractivity contribution < 1.29 is 14.7 Å². The first-order valence-electron chi connectivity index (χ1n) is 8.25. The highest BCUT2D eigenvalue weighted by Crippen LogP contribution is 2.24. The van der Waals surface area contributed by atoms with Crippen molar-refractivity contribution in [2.45, 2.75) is 53.9 Å². The number of amides is 2.